The van der Waals surface area contributed by atoms with E-state index in [1.54, 1.807) is 29.9 Å². The average molecular weight is 461 g/mol. The Hall–Kier alpha value is -2.36. The van der Waals surface area contributed by atoms with Gasteiger partial charge in [0.15, 0.2) is 22.4 Å². The van der Waals surface area contributed by atoms with Crippen molar-refractivity contribution in [3.63, 3.8) is 0 Å². The zero-order valence-corrected chi connectivity index (χ0v) is 19.1. The number of hydrogen-bond acceptors (Lipinski definition) is 8. The van der Waals surface area contributed by atoms with Crippen LogP contribution in [0.1, 0.15) is 28.6 Å². The molecule has 2 aromatic heterocycles. The summed E-state index contributed by atoms with van der Waals surface area (Å²) in [6, 6.07) is 7.14. The van der Waals surface area contributed by atoms with Gasteiger partial charge in [0.05, 0.1) is 11.1 Å². The second kappa shape index (κ2) is 9.84. The topological polar surface area (TPSA) is 79.7 Å². The molecule has 1 aliphatic heterocycles. The van der Waals surface area contributed by atoms with Crippen LogP contribution in [0.4, 0.5) is 0 Å². The van der Waals surface area contributed by atoms with Crippen LogP contribution in [0.5, 0.6) is 11.5 Å². The molecule has 0 saturated heterocycles. The van der Waals surface area contributed by atoms with Gasteiger partial charge in [-0.1, -0.05) is 18.7 Å². The third-order valence-electron chi connectivity index (χ3n) is 4.94. The summed E-state index contributed by atoms with van der Waals surface area (Å²) in [4.78, 5) is 32.5. The van der Waals surface area contributed by atoms with Crippen LogP contribution in [0.15, 0.2) is 34.2 Å². The zero-order chi connectivity index (χ0) is 21.8. The Balaban J connectivity index is 1.58. The summed E-state index contributed by atoms with van der Waals surface area (Å²) in [6.07, 6.45) is 1.55. The standard InChI is InChI=1S/C22H24N2O5S2/c1-3-15-12-16-20(31-15)23-22(24(21(16)26)7-4-8-27-2)30-13-17(25)14-5-6-18-19(11-14)29-10-9-28-18/h5-6,11-12H,3-4,7-10,13H2,1-2H3. The molecule has 1 aliphatic rings. The van der Waals surface area contributed by atoms with Crippen LogP contribution in [-0.2, 0) is 17.7 Å². The van der Waals surface area contributed by atoms with E-state index in [0.717, 1.165) is 16.1 Å². The molecule has 0 amide bonds. The number of benzene rings is 1. The minimum absolute atomic E-state index is 0.0554. The number of rotatable bonds is 9. The number of hydrogen-bond donors (Lipinski definition) is 0. The molecule has 1 aromatic carbocycles. The largest absolute Gasteiger partial charge is 0.486 e. The molecule has 3 heterocycles. The van der Waals surface area contributed by atoms with E-state index in [1.807, 2.05) is 6.07 Å². The third-order valence-corrected chi connectivity index (χ3v) is 7.09. The van der Waals surface area contributed by atoms with Crippen molar-refractivity contribution in [1.82, 2.24) is 9.55 Å². The molecule has 0 unspecified atom stereocenters. The molecule has 31 heavy (non-hydrogen) atoms. The molecule has 0 saturated carbocycles. The quantitative estimate of drug-likeness (QED) is 0.208. The van der Waals surface area contributed by atoms with Crippen molar-refractivity contribution in [2.24, 2.45) is 0 Å². The predicted molar refractivity (Wildman–Crippen MR) is 122 cm³/mol. The lowest BCUT2D eigenvalue weighted by atomic mass is 10.1. The molecule has 0 atom stereocenters. The van der Waals surface area contributed by atoms with Crippen LogP contribution in [0.25, 0.3) is 10.2 Å². The van der Waals surface area contributed by atoms with Gasteiger partial charge in [0.25, 0.3) is 5.56 Å². The first-order valence-electron chi connectivity index (χ1n) is 10.2. The van der Waals surface area contributed by atoms with E-state index in [1.165, 1.54) is 23.1 Å². The lowest BCUT2D eigenvalue weighted by Gasteiger charge is -2.18. The summed E-state index contributed by atoms with van der Waals surface area (Å²) < 4.78 is 17.9. The Bertz CT molecular complexity index is 1150. The minimum Gasteiger partial charge on any atom is -0.486 e. The Morgan fingerprint density at radius 1 is 1.26 bits per heavy atom. The van der Waals surface area contributed by atoms with Crippen molar-refractivity contribution in [3.05, 3.63) is 45.1 Å². The molecule has 0 radical (unpaired) electrons. The molecule has 0 aliphatic carbocycles. The lowest BCUT2D eigenvalue weighted by molar-refractivity contribution is 0.102. The van der Waals surface area contributed by atoms with Crippen LogP contribution < -0.4 is 15.0 Å². The summed E-state index contributed by atoms with van der Waals surface area (Å²) >= 11 is 2.82. The smallest absolute Gasteiger partial charge is 0.262 e. The van der Waals surface area contributed by atoms with Gasteiger partial charge in [0, 0.05) is 30.7 Å². The highest BCUT2D eigenvalue weighted by atomic mass is 32.2. The van der Waals surface area contributed by atoms with Crippen molar-refractivity contribution in [2.75, 3.05) is 32.7 Å². The van der Waals surface area contributed by atoms with Crippen molar-refractivity contribution >= 4 is 39.1 Å². The molecule has 0 spiro atoms. The van der Waals surface area contributed by atoms with E-state index >= 15 is 0 Å². The van der Waals surface area contributed by atoms with Crippen molar-refractivity contribution in [2.45, 2.75) is 31.5 Å². The predicted octanol–water partition coefficient (Wildman–Crippen LogP) is 3.80. The highest BCUT2D eigenvalue weighted by Crippen LogP contribution is 2.31. The number of carbonyl (C=O) groups excluding carboxylic acids is 1. The first-order chi connectivity index (χ1) is 15.1. The molecule has 164 valence electrons. The normalized spacial score (nSPS) is 13.0. The van der Waals surface area contributed by atoms with Crippen molar-refractivity contribution in [3.8, 4) is 11.5 Å². The number of thioether (sulfide) groups is 1. The maximum Gasteiger partial charge on any atom is 0.262 e. The molecule has 7 nitrogen and oxygen atoms in total. The van der Waals surface area contributed by atoms with E-state index in [2.05, 4.69) is 6.92 Å². The summed E-state index contributed by atoms with van der Waals surface area (Å²) in [6.45, 7) is 4.08. The van der Waals surface area contributed by atoms with Gasteiger partial charge in [-0.25, -0.2) is 4.98 Å². The number of ether oxygens (including phenoxy) is 3. The van der Waals surface area contributed by atoms with Gasteiger partial charge >= 0.3 is 0 Å². The third kappa shape index (κ3) is 4.78. The Morgan fingerprint density at radius 3 is 2.84 bits per heavy atom. The molecular formula is C22H24N2O5S2. The Labute approximate surface area is 188 Å². The molecule has 4 rings (SSSR count). The number of methoxy groups -OCH3 is 1. The average Bonchev–Trinajstić information content (AvgIpc) is 3.22. The molecule has 9 heteroatoms. The lowest BCUT2D eigenvalue weighted by Crippen LogP contribution is -2.24. The number of nitrogens with zero attached hydrogens (tertiary/aromatic N) is 2. The first kappa shape index (κ1) is 21.9. The fourth-order valence-corrected chi connectivity index (χ4v) is 5.25. The van der Waals surface area contributed by atoms with E-state index in [4.69, 9.17) is 19.2 Å². The van der Waals surface area contributed by atoms with Crippen molar-refractivity contribution < 1.29 is 19.0 Å². The fourth-order valence-electron chi connectivity index (χ4n) is 3.33. The van der Waals surface area contributed by atoms with Gasteiger partial charge in [0.1, 0.15) is 18.0 Å². The number of Topliss-reactive ketones (excluding diaryl/α,β-unsaturated/α-hetero) is 1. The summed E-state index contributed by atoms with van der Waals surface area (Å²) in [5, 5.41) is 1.20. The van der Waals surface area contributed by atoms with E-state index < -0.39 is 0 Å². The number of thiophene rings is 1. The van der Waals surface area contributed by atoms with Gasteiger partial charge in [-0.2, -0.15) is 0 Å². The van der Waals surface area contributed by atoms with Crippen LogP contribution in [-0.4, -0.2) is 48.0 Å². The maximum atomic E-state index is 13.1. The number of aryl methyl sites for hydroxylation is 1. The highest BCUT2D eigenvalue weighted by Gasteiger charge is 2.18. The van der Waals surface area contributed by atoms with Crippen LogP contribution >= 0.6 is 23.1 Å². The van der Waals surface area contributed by atoms with Gasteiger partial charge in [-0.05, 0) is 37.1 Å². The van der Waals surface area contributed by atoms with Crippen LogP contribution in [0.2, 0.25) is 0 Å². The fraction of sp³-hybridized carbons (Fsp3) is 0.409. The Morgan fingerprint density at radius 2 is 2.06 bits per heavy atom. The number of fused-ring (bicyclic) bond motifs is 2. The van der Waals surface area contributed by atoms with Gasteiger partial charge in [0.2, 0.25) is 0 Å². The van der Waals surface area contributed by atoms with Gasteiger partial charge < -0.3 is 14.2 Å². The second-order valence-electron chi connectivity index (χ2n) is 7.05. The number of carbonyl (C=O) groups is 1. The van der Waals surface area contributed by atoms with Gasteiger partial charge in [-0.3, -0.25) is 14.2 Å². The maximum absolute atomic E-state index is 13.1. The van der Waals surface area contributed by atoms with E-state index in [0.29, 0.717) is 60.4 Å². The summed E-state index contributed by atoms with van der Waals surface area (Å²) in [7, 11) is 1.64. The highest BCUT2D eigenvalue weighted by molar-refractivity contribution is 7.99. The minimum atomic E-state index is -0.0636. The van der Waals surface area contributed by atoms with Crippen molar-refractivity contribution in [1.29, 1.82) is 0 Å². The second-order valence-corrected chi connectivity index (χ2v) is 9.11. The summed E-state index contributed by atoms with van der Waals surface area (Å²) in [5.41, 5.74) is 0.488. The molecular weight excluding hydrogens is 436 g/mol. The summed E-state index contributed by atoms with van der Waals surface area (Å²) in [5.74, 6) is 1.36. The zero-order valence-electron chi connectivity index (χ0n) is 17.5. The first-order valence-corrected chi connectivity index (χ1v) is 12.0. The monoisotopic (exact) mass is 460 g/mol. The van der Waals surface area contributed by atoms with Crippen LogP contribution in [0, 0.1) is 0 Å². The number of ketones is 1. The van der Waals surface area contributed by atoms with Gasteiger partial charge in [-0.15, -0.1) is 11.3 Å². The van der Waals surface area contributed by atoms with E-state index in [-0.39, 0.29) is 17.1 Å². The van der Waals surface area contributed by atoms with E-state index in [9.17, 15) is 9.59 Å². The molecule has 0 N–H and O–H groups in total. The molecule has 0 fully saturated rings. The SMILES string of the molecule is CCc1cc2c(=O)n(CCCOC)c(SCC(=O)c3ccc4c(c3)OCCO4)nc2s1. The van der Waals surface area contributed by atoms with Crippen LogP contribution in [0.3, 0.4) is 0 Å². The molecule has 0 bridgehead atoms. The Kier molecular flexibility index (Phi) is 6.94. The molecule has 3 aromatic rings. The number of aromatic nitrogens is 2.